The first-order chi connectivity index (χ1) is 9.65. The number of aliphatic imine (C=N–C) groups is 1. The number of aliphatic hydroxyl groups is 1. The van der Waals surface area contributed by atoms with Gasteiger partial charge in [0.15, 0.2) is 5.96 Å². The number of nitrogens with two attached hydrogens (primary N) is 1. The first-order valence-electron chi connectivity index (χ1n) is 7.92. The van der Waals surface area contributed by atoms with Crippen molar-refractivity contribution < 1.29 is 9.84 Å². The molecule has 1 aliphatic heterocycles. The van der Waals surface area contributed by atoms with E-state index in [0.29, 0.717) is 17.9 Å². The zero-order chi connectivity index (χ0) is 14.1. The Morgan fingerprint density at radius 2 is 2.15 bits per heavy atom. The van der Waals surface area contributed by atoms with E-state index in [1.54, 1.807) is 0 Å². The first-order valence-corrected chi connectivity index (χ1v) is 7.92. The molecule has 2 saturated carbocycles. The van der Waals surface area contributed by atoms with Crippen LogP contribution < -0.4 is 11.1 Å². The standard InChI is InChI=1S/C15H27N3O2/c16-13(17-7-12-3-1-6-20-12)18-10-15(11-19)8-14(9-15)4-2-5-14/h12,19H,1-11H2,(H3,16,17,18). The van der Waals surface area contributed by atoms with Gasteiger partial charge in [0, 0.05) is 18.6 Å². The minimum atomic E-state index is -0.00339. The minimum absolute atomic E-state index is 0.00339. The first kappa shape index (κ1) is 14.1. The summed E-state index contributed by atoms with van der Waals surface area (Å²) in [5, 5.41) is 12.8. The molecule has 1 atom stereocenters. The Bertz CT molecular complexity index is 365. The number of hydrogen-bond acceptors (Lipinski definition) is 3. The van der Waals surface area contributed by atoms with Crippen molar-refractivity contribution in [3.63, 3.8) is 0 Å². The van der Waals surface area contributed by atoms with Crippen molar-refractivity contribution in [2.24, 2.45) is 21.6 Å². The summed E-state index contributed by atoms with van der Waals surface area (Å²) < 4.78 is 5.54. The average molecular weight is 281 g/mol. The summed E-state index contributed by atoms with van der Waals surface area (Å²) in [7, 11) is 0. The van der Waals surface area contributed by atoms with Gasteiger partial charge in [-0.3, -0.25) is 4.99 Å². The van der Waals surface area contributed by atoms with E-state index in [4.69, 9.17) is 10.5 Å². The summed E-state index contributed by atoms with van der Waals surface area (Å²) in [5.74, 6) is 0.489. The third-order valence-corrected chi connectivity index (χ3v) is 5.37. The second kappa shape index (κ2) is 5.53. The number of ether oxygens (including phenoxy) is 1. The fourth-order valence-electron chi connectivity index (χ4n) is 4.18. The van der Waals surface area contributed by atoms with Crippen molar-refractivity contribution >= 4 is 5.96 Å². The normalized spacial score (nSPS) is 30.9. The molecule has 3 fully saturated rings. The Hall–Kier alpha value is -0.810. The number of rotatable bonds is 5. The maximum absolute atomic E-state index is 9.65. The smallest absolute Gasteiger partial charge is 0.188 e. The summed E-state index contributed by atoms with van der Waals surface area (Å²) in [4.78, 5) is 4.44. The van der Waals surface area contributed by atoms with Gasteiger partial charge in [-0.15, -0.1) is 0 Å². The van der Waals surface area contributed by atoms with Crippen LogP contribution in [0.1, 0.15) is 44.9 Å². The highest BCUT2D eigenvalue weighted by atomic mass is 16.5. The summed E-state index contributed by atoms with van der Waals surface area (Å²) in [6.45, 7) is 2.48. The van der Waals surface area contributed by atoms with E-state index in [1.807, 2.05) is 0 Å². The Morgan fingerprint density at radius 1 is 1.35 bits per heavy atom. The van der Waals surface area contributed by atoms with Crippen LogP contribution in [0.25, 0.3) is 0 Å². The van der Waals surface area contributed by atoms with Gasteiger partial charge in [0.2, 0.25) is 0 Å². The molecule has 0 aromatic heterocycles. The van der Waals surface area contributed by atoms with Crippen molar-refractivity contribution in [3.05, 3.63) is 0 Å². The van der Waals surface area contributed by atoms with E-state index in [1.165, 1.54) is 19.3 Å². The molecular formula is C15H27N3O2. The molecule has 1 unspecified atom stereocenters. The van der Waals surface area contributed by atoms with E-state index in [9.17, 15) is 5.11 Å². The highest BCUT2D eigenvalue weighted by Crippen LogP contribution is 2.64. The molecule has 3 aliphatic rings. The SMILES string of the molecule is NC(=NCC1(CO)CC2(CCC2)C1)NCC1CCCO1. The van der Waals surface area contributed by atoms with E-state index in [2.05, 4.69) is 10.3 Å². The van der Waals surface area contributed by atoms with Gasteiger partial charge in [-0.25, -0.2) is 0 Å². The molecule has 0 aromatic carbocycles. The molecule has 5 heteroatoms. The Morgan fingerprint density at radius 3 is 2.70 bits per heavy atom. The van der Waals surface area contributed by atoms with Crippen molar-refractivity contribution in [2.45, 2.75) is 51.0 Å². The highest BCUT2D eigenvalue weighted by molar-refractivity contribution is 5.77. The van der Waals surface area contributed by atoms with E-state index >= 15 is 0 Å². The molecule has 0 radical (unpaired) electrons. The molecule has 1 spiro atoms. The number of guanidine groups is 1. The molecule has 1 heterocycles. The second-order valence-electron chi connectivity index (χ2n) is 7.08. The molecule has 20 heavy (non-hydrogen) atoms. The third-order valence-electron chi connectivity index (χ3n) is 5.37. The van der Waals surface area contributed by atoms with Crippen LogP contribution in [-0.4, -0.2) is 43.5 Å². The molecule has 0 aromatic rings. The van der Waals surface area contributed by atoms with Crippen LogP contribution in [0.15, 0.2) is 4.99 Å². The van der Waals surface area contributed by atoms with Crippen molar-refractivity contribution in [1.29, 1.82) is 0 Å². The molecule has 0 bridgehead atoms. The second-order valence-corrected chi connectivity index (χ2v) is 7.08. The lowest BCUT2D eigenvalue weighted by Gasteiger charge is -2.60. The number of nitrogens with one attached hydrogen (secondary N) is 1. The summed E-state index contributed by atoms with van der Waals surface area (Å²) in [6, 6.07) is 0. The van der Waals surface area contributed by atoms with E-state index in [0.717, 1.165) is 38.8 Å². The Balaban J connectivity index is 1.43. The van der Waals surface area contributed by atoms with Crippen LogP contribution >= 0.6 is 0 Å². The summed E-state index contributed by atoms with van der Waals surface area (Å²) in [5.41, 5.74) is 6.46. The fraction of sp³-hybridized carbons (Fsp3) is 0.933. The van der Waals surface area contributed by atoms with Gasteiger partial charge in [0.25, 0.3) is 0 Å². The van der Waals surface area contributed by atoms with E-state index in [-0.39, 0.29) is 18.1 Å². The van der Waals surface area contributed by atoms with Gasteiger partial charge in [-0.1, -0.05) is 6.42 Å². The van der Waals surface area contributed by atoms with Gasteiger partial charge >= 0.3 is 0 Å². The number of nitrogens with zero attached hydrogens (tertiary/aromatic N) is 1. The zero-order valence-electron chi connectivity index (χ0n) is 12.2. The van der Waals surface area contributed by atoms with Gasteiger partial charge in [0.05, 0.1) is 19.3 Å². The molecule has 4 N–H and O–H groups in total. The maximum Gasteiger partial charge on any atom is 0.188 e. The fourth-order valence-corrected chi connectivity index (χ4v) is 4.18. The van der Waals surface area contributed by atoms with Crippen LogP contribution in [0.3, 0.4) is 0 Å². The lowest BCUT2D eigenvalue weighted by Crippen LogP contribution is -2.54. The lowest BCUT2D eigenvalue weighted by atomic mass is 9.45. The van der Waals surface area contributed by atoms with Crippen molar-refractivity contribution in [3.8, 4) is 0 Å². The predicted molar refractivity (Wildman–Crippen MR) is 78.5 cm³/mol. The Labute approximate surface area is 121 Å². The zero-order valence-corrected chi connectivity index (χ0v) is 12.2. The molecular weight excluding hydrogens is 254 g/mol. The van der Waals surface area contributed by atoms with Gasteiger partial charge < -0.3 is 20.9 Å². The molecule has 1 saturated heterocycles. The van der Waals surface area contributed by atoms with Crippen LogP contribution in [0, 0.1) is 10.8 Å². The largest absolute Gasteiger partial charge is 0.396 e. The average Bonchev–Trinajstić information content (AvgIpc) is 2.87. The van der Waals surface area contributed by atoms with Crippen LogP contribution in [0.4, 0.5) is 0 Å². The summed E-state index contributed by atoms with van der Waals surface area (Å²) >= 11 is 0. The maximum atomic E-state index is 9.65. The van der Waals surface area contributed by atoms with E-state index < -0.39 is 0 Å². The van der Waals surface area contributed by atoms with Crippen molar-refractivity contribution in [1.82, 2.24) is 5.32 Å². The lowest BCUT2D eigenvalue weighted by molar-refractivity contribution is -0.114. The van der Waals surface area contributed by atoms with Crippen LogP contribution in [-0.2, 0) is 4.74 Å². The van der Waals surface area contributed by atoms with Crippen LogP contribution in [0.5, 0.6) is 0 Å². The number of hydrogen-bond donors (Lipinski definition) is 3. The van der Waals surface area contributed by atoms with Gasteiger partial charge in [-0.05, 0) is 43.9 Å². The monoisotopic (exact) mass is 281 g/mol. The third kappa shape index (κ3) is 2.79. The topological polar surface area (TPSA) is 79.9 Å². The molecule has 0 amide bonds. The number of aliphatic hydroxyl groups excluding tert-OH is 1. The van der Waals surface area contributed by atoms with Gasteiger partial charge in [0.1, 0.15) is 0 Å². The van der Waals surface area contributed by atoms with Crippen molar-refractivity contribution in [2.75, 3.05) is 26.3 Å². The molecule has 3 rings (SSSR count). The summed E-state index contributed by atoms with van der Waals surface area (Å²) in [6.07, 6.45) is 8.80. The van der Waals surface area contributed by atoms with Crippen LogP contribution in [0.2, 0.25) is 0 Å². The van der Waals surface area contributed by atoms with Gasteiger partial charge in [-0.2, -0.15) is 0 Å². The molecule has 114 valence electrons. The Kier molecular flexibility index (Phi) is 3.91. The quantitative estimate of drug-likeness (QED) is 0.519. The minimum Gasteiger partial charge on any atom is -0.396 e. The molecule has 5 nitrogen and oxygen atoms in total. The highest BCUT2D eigenvalue weighted by Gasteiger charge is 2.56. The predicted octanol–water partition coefficient (Wildman–Crippen LogP) is 1.01. The molecule has 2 aliphatic carbocycles.